The summed E-state index contributed by atoms with van der Waals surface area (Å²) >= 11 is 0. The fourth-order valence-electron chi connectivity index (χ4n) is 5.14. The van der Waals surface area contributed by atoms with Crippen molar-refractivity contribution in [1.82, 2.24) is 15.1 Å². The molecule has 1 aromatic rings. The summed E-state index contributed by atoms with van der Waals surface area (Å²) in [5, 5.41) is 3.49. The van der Waals surface area contributed by atoms with Crippen LogP contribution in [0.2, 0.25) is 0 Å². The van der Waals surface area contributed by atoms with Crippen molar-refractivity contribution in [3.63, 3.8) is 0 Å². The summed E-state index contributed by atoms with van der Waals surface area (Å²) in [6, 6.07) is 5.06. The fourth-order valence-corrected chi connectivity index (χ4v) is 5.14. The SMILES string of the molecule is COc1cc2c(cc1OC)CN(C1CCCN(CC3CCNCC3)C1)CC2. The number of nitrogens with one attached hydrogen (secondary N) is 1. The normalized spacial score (nSPS) is 25.2. The number of hydrogen-bond donors (Lipinski definition) is 1. The van der Waals surface area contributed by atoms with E-state index in [2.05, 4.69) is 27.2 Å². The predicted molar refractivity (Wildman–Crippen MR) is 109 cm³/mol. The minimum Gasteiger partial charge on any atom is -0.493 e. The molecule has 3 aliphatic heterocycles. The van der Waals surface area contributed by atoms with E-state index >= 15 is 0 Å². The van der Waals surface area contributed by atoms with E-state index in [9.17, 15) is 0 Å². The molecule has 2 fully saturated rings. The average molecular weight is 374 g/mol. The number of benzene rings is 1. The van der Waals surface area contributed by atoms with Crippen molar-refractivity contribution in [3.8, 4) is 11.5 Å². The number of likely N-dealkylation sites (tertiary alicyclic amines) is 1. The van der Waals surface area contributed by atoms with Gasteiger partial charge in [-0.2, -0.15) is 0 Å². The first kappa shape index (κ1) is 19.0. The lowest BCUT2D eigenvalue weighted by atomic mass is 9.93. The van der Waals surface area contributed by atoms with Crippen molar-refractivity contribution in [2.24, 2.45) is 5.92 Å². The van der Waals surface area contributed by atoms with Crippen LogP contribution in [0.1, 0.15) is 36.8 Å². The summed E-state index contributed by atoms with van der Waals surface area (Å²) in [5.74, 6) is 2.61. The van der Waals surface area contributed by atoms with Crippen LogP contribution in [-0.2, 0) is 13.0 Å². The van der Waals surface area contributed by atoms with E-state index in [1.165, 1.54) is 69.5 Å². The van der Waals surface area contributed by atoms with Crippen LogP contribution < -0.4 is 14.8 Å². The maximum Gasteiger partial charge on any atom is 0.161 e. The van der Waals surface area contributed by atoms with Gasteiger partial charge in [0.1, 0.15) is 0 Å². The van der Waals surface area contributed by atoms with Gasteiger partial charge in [0.25, 0.3) is 0 Å². The zero-order valence-corrected chi connectivity index (χ0v) is 17.0. The van der Waals surface area contributed by atoms with E-state index in [4.69, 9.17) is 9.47 Å². The van der Waals surface area contributed by atoms with E-state index in [0.717, 1.165) is 36.9 Å². The third-order valence-electron chi connectivity index (χ3n) is 6.72. The maximum atomic E-state index is 5.53. The van der Waals surface area contributed by atoms with Crippen molar-refractivity contribution in [2.45, 2.75) is 44.7 Å². The van der Waals surface area contributed by atoms with Crippen molar-refractivity contribution in [3.05, 3.63) is 23.3 Å². The first-order valence-corrected chi connectivity index (χ1v) is 10.7. The minimum atomic E-state index is 0.696. The summed E-state index contributed by atoms with van der Waals surface area (Å²) in [7, 11) is 3.45. The Morgan fingerprint density at radius 1 is 1.00 bits per heavy atom. The Bertz CT molecular complexity index is 630. The van der Waals surface area contributed by atoms with E-state index < -0.39 is 0 Å². The molecule has 0 radical (unpaired) electrons. The molecule has 1 N–H and O–H groups in total. The van der Waals surface area contributed by atoms with Gasteiger partial charge in [-0.15, -0.1) is 0 Å². The van der Waals surface area contributed by atoms with Crippen molar-refractivity contribution in [1.29, 1.82) is 0 Å². The topological polar surface area (TPSA) is 37.0 Å². The quantitative estimate of drug-likeness (QED) is 0.858. The molecule has 1 aromatic carbocycles. The summed E-state index contributed by atoms with van der Waals surface area (Å²) in [6.45, 7) is 8.44. The molecule has 1 unspecified atom stereocenters. The van der Waals surface area contributed by atoms with Crippen LogP contribution in [0.15, 0.2) is 12.1 Å². The monoisotopic (exact) mass is 373 g/mol. The highest BCUT2D eigenvalue weighted by Gasteiger charge is 2.29. The molecule has 0 aliphatic carbocycles. The van der Waals surface area contributed by atoms with Gasteiger partial charge in [0.2, 0.25) is 0 Å². The van der Waals surface area contributed by atoms with Gasteiger partial charge in [0.15, 0.2) is 11.5 Å². The number of nitrogens with zero attached hydrogens (tertiary/aromatic N) is 2. The lowest BCUT2D eigenvalue weighted by molar-refractivity contribution is 0.0751. The van der Waals surface area contributed by atoms with E-state index in [-0.39, 0.29) is 0 Å². The molecule has 27 heavy (non-hydrogen) atoms. The predicted octanol–water partition coefficient (Wildman–Crippen LogP) is 2.53. The number of methoxy groups -OCH3 is 2. The van der Waals surface area contributed by atoms with Crippen LogP contribution >= 0.6 is 0 Å². The standard InChI is InChI=1S/C22H35N3O2/c1-26-21-12-18-7-11-25(15-19(18)13-22(21)27-2)20-4-3-10-24(16-20)14-17-5-8-23-9-6-17/h12-13,17,20,23H,3-11,14-16H2,1-2H3. The van der Waals surface area contributed by atoms with Crippen LogP contribution in [0.5, 0.6) is 11.5 Å². The van der Waals surface area contributed by atoms with Gasteiger partial charge in [-0.1, -0.05) is 0 Å². The zero-order chi connectivity index (χ0) is 18.6. The smallest absolute Gasteiger partial charge is 0.161 e. The average Bonchev–Trinajstić information content (AvgIpc) is 2.73. The molecular formula is C22H35N3O2. The number of piperidine rings is 2. The van der Waals surface area contributed by atoms with Gasteiger partial charge in [-0.3, -0.25) is 4.90 Å². The molecule has 3 heterocycles. The highest BCUT2D eigenvalue weighted by molar-refractivity contribution is 5.48. The van der Waals surface area contributed by atoms with Gasteiger partial charge >= 0.3 is 0 Å². The van der Waals surface area contributed by atoms with Crippen LogP contribution in [0.4, 0.5) is 0 Å². The second kappa shape index (κ2) is 8.80. The second-order valence-electron chi connectivity index (χ2n) is 8.45. The summed E-state index contributed by atoms with van der Waals surface area (Å²) < 4.78 is 11.0. The Balaban J connectivity index is 1.39. The Kier molecular flexibility index (Phi) is 6.21. The van der Waals surface area contributed by atoms with Crippen molar-refractivity contribution >= 4 is 0 Å². The van der Waals surface area contributed by atoms with Crippen LogP contribution in [0.25, 0.3) is 0 Å². The fraction of sp³-hybridized carbons (Fsp3) is 0.727. The summed E-state index contributed by atoms with van der Waals surface area (Å²) in [6.07, 6.45) is 6.48. The van der Waals surface area contributed by atoms with E-state index in [1.807, 2.05) is 0 Å². The number of hydrogen-bond acceptors (Lipinski definition) is 5. The Morgan fingerprint density at radius 3 is 2.48 bits per heavy atom. The molecule has 150 valence electrons. The largest absolute Gasteiger partial charge is 0.493 e. The Morgan fingerprint density at radius 2 is 1.74 bits per heavy atom. The van der Waals surface area contributed by atoms with Gasteiger partial charge in [-0.25, -0.2) is 0 Å². The first-order chi connectivity index (χ1) is 13.3. The summed E-state index contributed by atoms with van der Waals surface area (Å²) in [4.78, 5) is 5.46. The lowest BCUT2D eigenvalue weighted by Gasteiger charge is -2.42. The van der Waals surface area contributed by atoms with Crippen LogP contribution in [0, 0.1) is 5.92 Å². The van der Waals surface area contributed by atoms with Gasteiger partial charge < -0.3 is 19.7 Å². The molecule has 0 spiro atoms. The third-order valence-corrected chi connectivity index (χ3v) is 6.72. The molecule has 4 rings (SSSR count). The highest BCUT2D eigenvalue weighted by atomic mass is 16.5. The molecule has 0 amide bonds. The van der Waals surface area contributed by atoms with Gasteiger partial charge in [-0.05, 0) is 80.9 Å². The lowest BCUT2D eigenvalue weighted by Crippen LogP contribution is -2.50. The molecule has 0 bridgehead atoms. The second-order valence-corrected chi connectivity index (χ2v) is 8.45. The van der Waals surface area contributed by atoms with Crippen LogP contribution in [0.3, 0.4) is 0 Å². The number of ether oxygens (including phenoxy) is 2. The van der Waals surface area contributed by atoms with E-state index in [1.54, 1.807) is 14.2 Å². The summed E-state index contributed by atoms with van der Waals surface area (Å²) in [5.41, 5.74) is 2.83. The molecular weight excluding hydrogens is 338 g/mol. The minimum absolute atomic E-state index is 0.696. The van der Waals surface area contributed by atoms with Gasteiger partial charge in [0, 0.05) is 32.2 Å². The molecule has 0 aromatic heterocycles. The molecule has 0 saturated carbocycles. The molecule has 5 nitrogen and oxygen atoms in total. The molecule has 3 aliphatic rings. The number of fused-ring (bicyclic) bond motifs is 1. The first-order valence-electron chi connectivity index (χ1n) is 10.7. The highest BCUT2D eigenvalue weighted by Crippen LogP contribution is 2.34. The van der Waals surface area contributed by atoms with Gasteiger partial charge in [0.05, 0.1) is 14.2 Å². The van der Waals surface area contributed by atoms with Crippen molar-refractivity contribution in [2.75, 3.05) is 53.5 Å². The maximum absolute atomic E-state index is 5.53. The molecule has 5 heteroatoms. The molecule has 2 saturated heterocycles. The Labute approximate surface area is 164 Å². The molecule has 1 atom stereocenters. The third kappa shape index (κ3) is 4.41. The van der Waals surface area contributed by atoms with Crippen LogP contribution in [-0.4, -0.2) is 69.3 Å². The Hall–Kier alpha value is -1.30. The number of rotatable bonds is 5. The van der Waals surface area contributed by atoms with E-state index in [0.29, 0.717) is 6.04 Å². The van der Waals surface area contributed by atoms with Crippen molar-refractivity contribution < 1.29 is 9.47 Å². The zero-order valence-electron chi connectivity index (χ0n) is 17.0.